The first kappa shape index (κ1) is 13.6. The molecule has 1 N–H and O–H groups in total. The van der Waals surface area contributed by atoms with Crippen LogP contribution in [-0.4, -0.2) is 17.1 Å². The molecule has 0 saturated heterocycles. The molecule has 100 valence electrons. The van der Waals surface area contributed by atoms with Crippen molar-refractivity contribution in [3.63, 3.8) is 0 Å². The molecular weight excluding hydrogens is 236 g/mol. The van der Waals surface area contributed by atoms with Gasteiger partial charge >= 0.3 is 0 Å². The van der Waals surface area contributed by atoms with Gasteiger partial charge in [-0.1, -0.05) is 37.3 Å². The predicted molar refractivity (Wildman–Crippen MR) is 78.0 cm³/mol. The lowest BCUT2D eigenvalue weighted by Gasteiger charge is -2.19. The van der Waals surface area contributed by atoms with Crippen molar-refractivity contribution in [3.8, 4) is 0 Å². The summed E-state index contributed by atoms with van der Waals surface area (Å²) < 4.78 is 0. The molecule has 0 unspecified atom stereocenters. The van der Waals surface area contributed by atoms with Gasteiger partial charge in [0.2, 0.25) is 0 Å². The molecule has 2 aromatic rings. The molecule has 19 heavy (non-hydrogen) atoms. The van der Waals surface area contributed by atoms with Crippen LogP contribution in [-0.2, 0) is 6.54 Å². The van der Waals surface area contributed by atoms with Crippen molar-refractivity contribution in [1.82, 2.24) is 4.98 Å². The molecular formula is C16H20N2O. The van der Waals surface area contributed by atoms with Crippen molar-refractivity contribution in [2.75, 3.05) is 11.9 Å². The Hall–Kier alpha value is -1.87. The van der Waals surface area contributed by atoms with E-state index < -0.39 is 6.10 Å². The highest BCUT2D eigenvalue weighted by molar-refractivity contribution is 5.44. The normalized spacial score (nSPS) is 12.2. The third kappa shape index (κ3) is 3.55. The highest BCUT2D eigenvalue weighted by atomic mass is 16.3. The van der Waals surface area contributed by atoms with Crippen LogP contribution in [0, 0.1) is 0 Å². The fraction of sp³-hybridized carbons (Fsp3) is 0.312. The van der Waals surface area contributed by atoms with Gasteiger partial charge in [0, 0.05) is 13.6 Å². The quantitative estimate of drug-likeness (QED) is 0.892. The molecule has 0 bridgehead atoms. The summed E-state index contributed by atoms with van der Waals surface area (Å²) in [6.45, 7) is 2.79. The van der Waals surface area contributed by atoms with E-state index in [1.807, 2.05) is 50.5 Å². The van der Waals surface area contributed by atoms with E-state index in [4.69, 9.17) is 0 Å². The first-order chi connectivity index (χ1) is 9.20. The first-order valence-corrected chi connectivity index (χ1v) is 6.59. The average molecular weight is 256 g/mol. The van der Waals surface area contributed by atoms with Crippen LogP contribution in [0.5, 0.6) is 0 Å². The molecule has 2 rings (SSSR count). The van der Waals surface area contributed by atoms with Gasteiger partial charge in [-0.15, -0.1) is 0 Å². The lowest BCUT2D eigenvalue weighted by Crippen LogP contribution is -2.16. The highest BCUT2D eigenvalue weighted by Gasteiger charge is 2.07. The lowest BCUT2D eigenvalue weighted by molar-refractivity contribution is 0.169. The van der Waals surface area contributed by atoms with Crippen LogP contribution >= 0.6 is 0 Å². The van der Waals surface area contributed by atoms with Crippen LogP contribution in [0.3, 0.4) is 0 Å². The predicted octanol–water partition coefficient (Wildman–Crippen LogP) is 3.16. The second-order valence-electron chi connectivity index (χ2n) is 4.71. The molecule has 0 fully saturated rings. The topological polar surface area (TPSA) is 36.4 Å². The van der Waals surface area contributed by atoms with Gasteiger partial charge in [-0.25, -0.2) is 0 Å². The second-order valence-corrected chi connectivity index (χ2v) is 4.71. The van der Waals surface area contributed by atoms with E-state index in [0.717, 1.165) is 17.9 Å². The van der Waals surface area contributed by atoms with Gasteiger partial charge < -0.3 is 10.0 Å². The van der Waals surface area contributed by atoms with Crippen molar-refractivity contribution in [3.05, 3.63) is 59.9 Å². The fourth-order valence-corrected chi connectivity index (χ4v) is 1.98. The Bertz CT molecular complexity index is 496. The minimum atomic E-state index is -0.464. The van der Waals surface area contributed by atoms with E-state index in [1.54, 1.807) is 0 Å². The molecule has 1 atom stereocenters. The Kier molecular flexibility index (Phi) is 4.53. The third-order valence-corrected chi connectivity index (χ3v) is 3.20. The maximum absolute atomic E-state index is 9.72. The number of hydrogen-bond acceptors (Lipinski definition) is 3. The minimum absolute atomic E-state index is 0.464. The van der Waals surface area contributed by atoms with Gasteiger partial charge in [0.1, 0.15) is 0 Å². The zero-order valence-corrected chi connectivity index (χ0v) is 11.5. The molecule has 1 aromatic heterocycles. The van der Waals surface area contributed by atoms with Crippen LogP contribution in [0.1, 0.15) is 30.7 Å². The van der Waals surface area contributed by atoms with Crippen molar-refractivity contribution in [2.45, 2.75) is 26.0 Å². The van der Waals surface area contributed by atoms with E-state index in [1.165, 1.54) is 5.56 Å². The average Bonchev–Trinajstić information content (AvgIpc) is 2.47. The molecule has 0 aliphatic heterocycles. The molecule has 0 spiro atoms. The van der Waals surface area contributed by atoms with Crippen LogP contribution in [0.4, 0.5) is 5.69 Å². The molecule has 0 radical (unpaired) electrons. The van der Waals surface area contributed by atoms with Crippen LogP contribution < -0.4 is 4.90 Å². The van der Waals surface area contributed by atoms with Crippen LogP contribution in [0.15, 0.2) is 48.7 Å². The molecule has 1 heterocycles. The standard InChI is InChI=1S/C16H20N2O/c1-3-16(19)15-10-9-14(11-17-15)18(2)12-13-7-5-4-6-8-13/h4-11,16,19H,3,12H2,1-2H3/t16-/m0/s1. The SMILES string of the molecule is CC[C@H](O)c1ccc(N(C)Cc2ccccc2)cn1. The molecule has 0 aliphatic rings. The number of anilines is 1. The zero-order chi connectivity index (χ0) is 13.7. The molecule has 3 nitrogen and oxygen atoms in total. The van der Waals surface area contributed by atoms with E-state index in [9.17, 15) is 5.11 Å². The molecule has 0 aliphatic carbocycles. The maximum Gasteiger partial charge on any atom is 0.0957 e. The largest absolute Gasteiger partial charge is 0.387 e. The Morgan fingerprint density at radius 3 is 2.47 bits per heavy atom. The fourth-order valence-electron chi connectivity index (χ4n) is 1.98. The molecule has 0 amide bonds. The first-order valence-electron chi connectivity index (χ1n) is 6.59. The van der Waals surface area contributed by atoms with Gasteiger partial charge in [0.05, 0.1) is 23.7 Å². The number of pyridine rings is 1. The number of rotatable bonds is 5. The summed E-state index contributed by atoms with van der Waals surface area (Å²) in [5, 5.41) is 9.72. The Balaban J connectivity index is 2.05. The van der Waals surface area contributed by atoms with Gasteiger partial charge in [-0.05, 0) is 24.1 Å². The smallest absolute Gasteiger partial charge is 0.0957 e. The van der Waals surface area contributed by atoms with E-state index in [2.05, 4.69) is 22.0 Å². The third-order valence-electron chi connectivity index (χ3n) is 3.20. The molecule has 3 heteroatoms. The van der Waals surface area contributed by atoms with Gasteiger partial charge in [0.25, 0.3) is 0 Å². The number of aliphatic hydroxyl groups excluding tert-OH is 1. The number of benzene rings is 1. The van der Waals surface area contributed by atoms with E-state index in [-0.39, 0.29) is 0 Å². The van der Waals surface area contributed by atoms with E-state index >= 15 is 0 Å². The van der Waals surface area contributed by atoms with Crippen molar-refractivity contribution < 1.29 is 5.11 Å². The summed E-state index contributed by atoms with van der Waals surface area (Å²) in [6.07, 6.45) is 2.04. The summed E-state index contributed by atoms with van der Waals surface area (Å²) in [6, 6.07) is 14.2. The van der Waals surface area contributed by atoms with Gasteiger partial charge in [0.15, 0.2) is 0 Å². The zero-order valence-electron chi connectivity index (χ0n) is 11.5. The summed E-state index contributed by atoms with van der Waals surface area (Å²) in [5.41, 5.74) is 3.05. The second kappa shape index (κ2) is 6.34. The molecule has 1 aromatic carbocycles. The van der Waals surface area contributed by atoms with Crippen LogP contribution in [0.25, 0.3) is 0 Å². The monoisotopic (exact) mass is 256 g/mol. The summed E-state index contributed by atoms with van der Waals surface area (Å²) in [5.74, 6) is 0. The van der Waals surface area contributed by atoms with Crippen LogP contribution in [0.2, 0.25) is 0 Å². The summed E-state index contributed by atoms with van der Waals surface area (Å²) in [4.78, 5) is 6.46. The number of aromatic nitrogens is 1. The Labute approximate surface area is 114 Å². The molecule has 0 saturated carbocycles. The van der Waals surface area contributed by atoms with Gasteiger partial charge in [-0.2, -0.15) is 0 Å². The van der Waals surface area contributed by atoms with Crippen molar-refractivity contribution in [2.24, 2.45) is 0 Å². The minimum Gasteiger partial charge on any atom is -0.387 e. The van der Waals surface area contributed by atoms with Crippen molar-refractivity contribution in [1.29, 1.82) is 0 Å². The number of hydrogen-bond donors (Lipinski definition) is 1. The summed E-state index contributed by atoms with van der Waals surface area (Å²) in [7, 11) is 2.04. The Morgan fingerprint density at radius 1 is 1.16 bits per heavy atom. The number of nitrogens with zero attached hydrogens (tertiary/aromatic N) is 2. The maximum atomic E-state index is 9.72. The Morgan fingerprint density at radius 2 is 1.89 bits per heavy atom. The summed E-state index contributed by atoms with van der Waals surface area (Å²) >= 11 is 0. The number of aliphatic hydroxyl groups is 1. The van der Waals surface area contributed by atoms with Crippen molar-refractivity contribution >= 4 is 5.69 Å². The van der Waals surface area contributed by atoms with Gasteiger partial charge in [-0.3, -0.25) is 4.98 Å². The van der Waals surface area contributed by atoms with E-state index in [0.29, 0.717) is 6.42 Å². The lowest BCUT2D eigenvalue weighted by atomic mass is 10.1. The highest BCUT2D eigenvalue weighted by Crippen LogP contribution is 2.18.